The lowest BCUT2D eigenvalue weighted by molar-refractivity contribution is -0.384. The fourth-order valence-corrected chi connectivity index (χ4v) is 3.38. The van der Waals surface area contributed by atoms with E-state index in [4.69, 9.17) is 4.74 Å². The normalized spacial score (nSPS) is 24.4. The minimum atomic E-state index is -0.710. The van der Waals surface area contributed by atoms with Crippen LogP contribution < -0.4 is 9.64 Å². The number of nitro groups is 1. The Hall–Kier alpha value is -1.86. The van der Waals surface area contributed by atoms with Gasteiger partial charge in [-0.3, -0.25) is 10.1 Å². The quantitative estimate of drug-likeness (QED) is 0.644. The van der Waals surface area contributed by atoms with Crippen molar-refractivity contribution >= 4 is 11.4 Å². The number of piperidine rings is 1. The number of hydrogen-bond acceptors (Lipinski definition) is 6. The minimum Gasteiger partial charge on any atom is -0.484 e. The average molecular weight is 322 g/mol. The lowest BCUT2D eigenvalue weighted by atomic mass is 9.96. The second kappa shape index (κ2) is 5.98. The third-order valence-corrected chi connectivity index (χ3v) is 4.82. The van der Waals surface area contributed by atoms with E-state index in [0.29, 0.717) is 30.9 Å². The van der Waals surface area contributed by atoms with Crippen LogP contribution in [0.2, 0.25) is 0 Å². The Morgan fingerprint density at radius 1 is 1.39 bits per heavy atom. The molecule has 2 heterocycles. The molecule has 7 nitrogen and oxygen atoms in total. The lowest BCUT2D eigenvalue weighted by Gasteiger charge is -2.32. The van der Waals surface area contributed by atoms with E-state index in [2.05, 4.69) is 0 Å². The zero-order valence-corrected chi connectivity index (χ0v) is 13.2. The molecule has 1 saturated heterocycles. The highest BCUT2D eigenvalue weighted by molar-refractivity contribution is 5.69. The molecule has 126 valence electrons. The first-order valence-corrected chi connectivity index (χ1v) is 7.93. The van der Waals surface area contributed by atoms with Crippen LogP contribution in [0.1, 0.15) is 25.3 Å². The average Bonchev–Trinajstić information content (AvgIpc) is 2.89. The highest BCUT2D eigenvalue weighted by atomic mass is 16.6. The topological polar surface area (TPSA) is 96.1 Å². The molecule has 3 rings (SSSR count). The maximum atomic E-state index is 11.5. The Kier molecular flexibility index (Phi) is 4.16. The van der Waals surface area contributed by atoms with E-state index in [1.807, 2.05) is 4.90 Å². The van der Waals surface area contributed by atoms with Crippen molar-refractivity contribution in [3.05, 3.63) is 27.8 Å². The van der Waals surface area contributed by atoms with Crippen LogP contribution in [0.5, 0.6) is 5.75 Å². The maximum absolute atomic E-state index is 11.5. The lowest BCUT2D eigenvalue weighted by Crippen LogP contribution is -2.35. The molecule has 1 unspecified atom stereocenters. The van der Waals surface area contributed by atoms with Gasteiger partial charge in [-0.1, -0.05) is 0 Å². The second-order valence-electron chi connectivity index (χ2n) is 6.71. The van der Waals surface area contributed by atoms with Gasteiger partial charge in [0.2, 0.25) is 0 Å². The predicted octanol–water partition coefficient (Wildman–Crippen LogP) is 1.49. The first kappa shape index (κ1) is 16.0. The third-order valence-electron chi connectivity index (χ3n) is 4.82. The molecule has 2 aliphatic rings. The van der Waals surface area contributed by atoms with Gasteiger partial charge < -0.3 is 19.8 Å². The Bertz CT molecular complexity index is 613. The number of fused-ring (bicyclic) bond motifs is 1. The molecule has 0 aromatic heterocycles. The van der Waals surface area contributed by atoms with Crippen LogP contribution in [-0.4, -0.2) is 47.0 Å². The number of aliphatic hydroxyl groups is 2. The van der Waals surface area contributed by atoms with Crippen LogP contribution in [0.3, 0.4) is 0 Å². The third kappa shape index (κ3) is 2.98. The van der Waals surface area contributed by atoms with Gasteiger partial charge in [0.1, 0.15) is 17.0 Å². The van der Waals surface area contributed by atoms with Gasteiger partial charge in [-0.05, 0) is 25.7 Å². The van der Waals surface area contributed by atoms with Crippen LogP contribution in [0.25, 0.3) is 0 Å². The van der Waals surface area contributed by atoms with Gasteiger partial charge in [0, 0.05) is 43.8 Å². The molecule has 0 spiro atoms. The molecule has 1 aromatic carbocycles. The van der Waals surface area contributed by atoms with Crippen molar-refractivity contribution in [2.75, 3.05) is 31.2 Å². The summed E-state index contributed by atoms with van der Waals surface area (Å²) in [5.74, 6) is 0.889. The molecule has 23 heavy (non-hydrogen) atoms. The molecule has 1 fully saturated rings. The predicted molar refractivity (Wildman–Crippen MR) is 84.9 cm³/mol. The summed E-state index contributed by atoms with van der Waals surface area (Å²) in [5.41, 5.74) is 0.699. The van der Waals surface area contributed by atoms with Crippen LogP contribution in [-0.2, 0) is 6.42 Å². The number of ether oxygens (including phenoxy) is 1. The van der Waals surface area contributed by atoms with Gasteiger partial charge in [-0.2, -0.15) is 0 Å². The van der Waals surface area contributed by atoms with E-state index in [1.165, 1.54) is 0 Å². The number of aliphatic hydroxyl groups excluding tert-OH is 2. The number of hydrogen-bond donors (Lipinski definition) is 2. The smallest absolute Gasteiger partial charge is 0.293 e. The van der Waals surface area contributed by atoms with Gasteiger partial charge >= 0.3 is 0 Å². The molecule has 1 atom stereocenters. The fraction of sp³-hybridized carbons (Fsp3) is 0.625. The van der Waals surface area contributed by atoms with Crippen molar-refractivity contribution in [3.8, 4) is 5.75 Å². The number of benzene rings is 1. The summed E-state index contributed by atoms with van der Waals surface area (Å²) in [5, 5.41) is 30.2. The van der Waals surface area contributed by atoms with Crippen molar-refractivity contribution in [3.63, 3.8) is 0 Å². The molecule has 0 bridgehead atoms. The van der Waals surface area contributed by atoms with Gasteiger partial charge in [0.15, 0.2) is 0 Å². The summed E-state index contributed by atoms with van der Waals surface area (Å²) in [7, 11) is 0. The molecular weight excluding hydrogens is 300 g/mol. The summed E-state index contributed by atoms with van der Waals surface area (Å²) >= 11 is 0. The molecule has 2 aliphatic heterocycles. The SMILES string of the molecule is CC1(CO)Cc2cc([N+](=O)[O-])c(N3CCC(CO)CC3)cc2O1. The van der Waals surface area contributed by atoms with E-state index in [1.54, 1.807) is 19.1 Å². The van der Waals surface area contributed by atoms with Crippen molar-refractivity contribution in [2.24, 2.45) is 5.92 Å². The molecule has 1 aromatic rings. The van der Waals surface area contributed by atoms with Gasteiger partial charge in [-0.15, -0.1) is 0 Å². The molecule has 0 aliphatic carbocycles. The van der Waals surface area contributed by atoms with Crippen molar-refractivity contribution in [1.29, 1.82) is 0 Å². The number of nitro benzene ring substituents is 1. The molecular formula is C16H22N2O5. The number of nitrogens with zero attached hydrogens (tertiary/aromatic N) is 2. The van der Waals surface area contributed by atoms with Gasteiger partial charge in [-0.25, -0.2) is 0 Å². The van der Waals surface area contributed by atoms with E-state index in [0.717, 1.165) is 18.4 Å². The van der Waals surface area contributed by atoms with Crippen molar-refractivity contribution in [1.82, 2.24) is 0 Å². The monoisotopic (exact) mass is 322 g/mol. The van der Waals surface area contributed by atoms with E-state index in [9.17, 15) is 20.3 Å². The van der Waals surface area contributed by atoms with Crippen LogP contribution in [0.15, 0.2) is 12.1 Å². The van der Waals surface area contributed by atoms with Gasteiger partial charge in [0.05, 0.1) is 11.5 Å². The maximum Gasteiger partial charge on any atom is 0.293 e. The van der Waals surface area contributed by atoms with E-state index in [-0.39, 0.29) is 29.7 Å². The first-order chi connectivity index (χ1) is 11.0. The standard InChI is InChI=1S/C16H22N2O5/c1-16(10-20)8-12-6-14(18(21)22)13(7-15(12)23-16)17-4-2-11(9-19)3-5-17/h6-7,11,19-20H,2-5,8-10H2,1H3. The highest BCUT2D eigenvalue weighted by Crippen LogP contribution is 2.43. The summed E-state index contributed by atoms with van der Waals surface area (Å²) < 4.78 is 5.81. The molecule has 2 N–H and O–H groups in total. The summed E-state index contributed by atoms with van der Waals surface area (Å²) in [6.07, 6.45) is 2.10. The number of rotatable bonds is 4. The molecule has 0 radical (unpaired) electrons. The molecule has 0 amide bonds. The number of anilines is 1. The van der Waals surface area contributed by atoms with Gasteiger partial charge in [0.25, 0.3) is 5.69 Å². The minimum absolute atomic E-state index is 0.0805. The fourth-order valence-electron chi connectivity index (χ4n) is 3.38. The van der Waals surface area contributed by atoms with E-state index >= 15 is 0 Å². The Labute approximate surface area is 134 Å². The van der Waals surface area contributed by atoms with Crippen molar-refractivity contribution < 1.29 is 19.9 Å². The van der Waals surface area contributed by atoms with E-state index < -0.39 is 5.60 Å². The summed E-state index contributed by atoms with van der Waals surface area (Å²) in [6.45, 7) is 3.19. The summed E-state index contributed by atoms with van der Waals surface area (Å²) in [6, 6.07) is 3.30. The van der Waals surface area contributed by atoms with Crippen LogP contribution in [0, 0.1) is 16.0 Å². The molecule has 0 saturated carbocycles. The Balaban J connectivity index is 1.92. The summed E-state index contributed by atoms with van der Waals surface area (Å²) in [4.78, 5) is 13.1. The zero-order valence-electron chi connectivity index (χ0n) is 13.2. The van der Waals surface area contributed by atoms with Crippen LogP contribution >= 0.6 is 0 Å². The largest absolute Gasteiger partial charge is 0.484 e. The van der Waals surface area contributed by atoms with Crippen LogP contribution in [0.4, 0.5) is 11.4 Å². The first-order valence-electron chi connectivity index (χ1n) is 7.93. The highest BCUT2D eigenvalue weighted by Gasteiger charge is 2.37. The molecule has 7 heteroatoms. The van der Waals surface area contributed by atoms with Crippen molar-refractivity contribution in [2.45, 2.75) is 31.8 Å². The Morgan fingerprint density at radius 3 is 2.65 bits per heavy atom. The zero-order chi connectivity index (χ0) is 16.6. The second-order valence-corrected chi connectivity index (χ2v) is 6.71. The Morgan fingerprint density at radius 2 is 2.09 bits per heavy atom.